The fourth-order valence-electron chi connectivity index (χ4n) is 3.12. The van der Waals surface area contributed by atoms with Crippen molar-refractivity contribution in [3.63, 3.8) is 0 Å². The third kappa shape index (κ3) is 4.84. The lowest BCUT2D eigenvalue weighted by molar-refractivity contribution is -0.142. The van der Waals surface area contributed by atoms with Gasteiger partial charge in [0.15, 0.2) is 0 Å². The Bertz CT molecular complexity index is 775. The largest absolute Gasteiger partial charge is 0.492 e. The predicted molar refractivity (Wildman–Crippen MR) is 98.9 cm³/mol. The van der Waals surface area contributed by atoms with Crippen molar-refractivity contribution in [2.75, 3.05) is 19.7 Å². The fraction of sp³-hybridized carbons (Fsp3) is 0.474. The SMILES string of the molecule is CC(C)CC1C(=O)N(CC(=O)NCCOc2ccccc2)Cc2cnnn21. The Balaban J connectivity index is 1.51. The molecule has 1 aromatic carbocycles. The zero-order chi connectivity index (χ0) is 19.2. The Morgan fingerprint density at radius 3 is 2.85 bits per heavy atom. The van der Waals surface area contributed by atoms with E-state index in [4.69, 9.17) is 4.74 Å². The van der Waals surface area contributed by atoms with Crippen molar-refractivity contribution in [3.05, 3.63) is 42.2 Å². The number of nitrogens with one attached hydrogen (secondary N) is 1. The molecule has 2 amide bonds. The van der Waals surface area contributed by atoms with Gasteiger partial charge in [-0.1, -0.05) is 37.3 Å². The van der Waals surface area contributed by atoms with E-state index in [9.17, 15) is 9.59 Å². The van der Waals surface area contributed by atoms with Gasteiger partial charge < -0.3 is 15.0 Å². The first-order chi connectivity index (χ1) is 13.0. The summed E-state index contributed by atoms with van der Waals surface area (Å²) in [6.45, 7) is 5.23. The highest BCUT2D eigenvalue weighted by molar-refractivity contribution is 5.87. The number of aromatic nitrogens is 3. The molecule has 0 bridgehead atoms. The molecule has 0 saturated heterocycles. The molecular formula is C19H25N5O3. The molecule has 144 valence electrons. The number of ether oxygens (including phenoxy) is 1. The molecule has 2 heterocycles. The van der Waals surface area contributed by atoms with Crippen LogP contribution >= 0.6 is 0 Å². The number of amides is 2. The molecule has 1 unspecified atom stereocenters. The van der Waals surface area contributed by atoms with Gasteiger partial charge in [0.05, 0.1) is 31.5 Å². The Hall–Kier alpha value is -2.90. The van der Waals surface area contributed by atoms with Gasteiger partial charge in [0.25, 0.3) is 0 Å². The molecule has 1 aliphatic rings. The first-order valence-electron chi connectivity index (χ1n) is 9.17. The lowest BCUT2D eigenvalue weighted by Crippen LogP contribution is -2.48. The fourth-order valence-corrected chi connectivity index (χ4v) is 3.12. The Morgan fingerprint density at radius 2 is 2.11 bits per heavy atom. The molecule has 1 aromatic heterocycles. The first-order valence-corrected chi connectivity index (χ1v) is 9.17. The van der Waals surface area contributed by atoms with E-state index >= 15 is 0 Å². The van der Waals surface area contributed by atoms with Gasteiger partial charge in [0.2, 0.25) is 11.8 Å². The molecule has 3 rings (SSSR count). The maximum Gasteiger partial charge on any atom is 0.248 e. The lowest BCUT2D eigenvalue weighted by Gasteiger charge is -2.33. The summed E-state index contributed by atoms with van der Waals surface area (Å²) < 4.78 is 7.23. The maximum absolute atomic E-state index is 12.8. The van der Waals surface area contributed by atoms with Gasteiger partial charge >= 0.3 is 0 Å². The summed E-state index contributed by atoms with van der Waals surface area (Å²) in [6.07, 6.45) is 2.32. The van der Waals surface area contributed by atoms with Crippen molar-refractivity contribution in [1.29, 1.82) is 0 Å². The quantitative estimate of drug-likeness (QED) is 0.709. The minimum atomic E-state index is -0.398. The van der Waals surface area contributed by atoms with E-state index in [-0.39, 0.29) is 18.4 Å². The van der Waals surface area contributed by atoms with Gasteiger partial charge in [-0.25, -0.2) is 4.68 Å². The normalized spacial score (nSPS) is 16.3. The first kappa shape index (κ1) is 18.9. The molecule has 0 fully saturated rings. The number of rotatable bonds is 8. The van der Waals surface area contributed by atoms with Crippen molar-refractivity contribution < 1.29 is 14.3 Å². The molecule has 2 aromatic rings. The summed E-state index contributed by atoms with van der Waals surface area (Å²) in [6, 6.07) is 9.02. The number of carbonyl (C=O) groups excluding carboxylic acids is 2. The Labute approximate surface area is 158 Å². The maximum atomic E-state index is 12.8. The molecule has 1 N–H and O–H groups in total. The van der Waals surface area contributed by atoms with Crippen LogP contribution in [0.2, 0.25) is 0 Å². The van der Waals surface area contributed by atoms with Crippen molar-refractivity contribution >= 4 is 11.8 Å². The Kier molecular flexibility index (Phi) is 6.05. The molecular weight excluding hydrogens is 346 g/mol. The van der Waals surface area contributed by atoms with Gasteiger partial charge in [-0.15, -0.1) is 5.10 Å². The molecule has 1 aliphatic heterocycles. The predicted octanol–water partition coefficient (Wildman–Crippen LogP) is 1.40. The van der Waals surface area contributed by atoms with Gasteiger partial charge in [0, 0.05) is 0 Å². The highest BCUT2D eigenvalue weighted by atomic mass is 16.5. The zero-order valence-electron chi connectivity index (χ0n) is 15.7. The van der Waals surface area contributed by atoms with Gasteiger partial charge in [-0.3, -0.25) is 9.59 Å². The van der Waals surface area contributed by atoms with Crippen molar-refractivity contribution in [2.45, 2.75) is 32.9 Å². The second-order valence-corrected chi connectivity index (χ2v) is 7.02. The van der Waals surface area contributed by atoms with Crippen LogP contribution in [0, 0.1) is 5.92 Å². The molecule has 27 heavy (non-hydrogen) atoms. The molecule has 8 heteroatoms. The van der Waals surface area contributed by atoms with Gasteiger partial charge in [-0.05, 0) is 24.5 Å². The van der Waals surface area contributed by atoms with Crippen LogP contribution in [0.15, 0.2) is 36.5 Å². The van der Waals surface area contributed by atoms with Crippen molar-refractivity contribution in [2.24, 2.45) is 5.92 Å². The minimum Gasteiger partial charge on any atom is -0.492 e. The summed E-state index contributed by atoms with van der Waals surface area (Å²) >= 11 is 0. The molecule has 0 spiro atoms. The molecule has 0 saturated carbocycles. The highest BCUT2D eigenvalue weighted by Crippen LogP contribution is 2.26. The minimum absolute atomic E-state index is 0.0178. The van der Waals surface area contributed by atoms with E-state index in [1.165, 1.54) is 0 Å². The van der Waals surface area contributed by atoms with E-state index in [1.807, 2.05) is 30.3 Å². The Morgan fingerprint density at radius 1 is 1.33 bits per heavy atom. The summed E-state index contributed by atoms with van der Waals surface area (Å²) in [5, 5.41) is 10.8. The number of hydrogen-bond donors (Lipinski definition) is 1. The van der Waals surface area contributed by atoms with E-state index < -0.39 is 6.04 Å². The number of fused-ring (bicyclic) bond motifs is 1. The van der Waals surface area contributed by atoms with Crippen LogP contribution in [0.25, 0.3) is 0 Å². The zero-order valence-corrected chi connectivity index (χ0v) is 15.7. The third-order valence-electron chi connectivity index (χ3n) is 4.36. The van der Waals surface area contributed by atoms with Gasteiger partial charge in [0.1, 0.15) is 18.4 Å². The topological polar surface area (TPSA) is 89.3 Å². The summed E-state index contributed by atoms with van der Waals surface area (Å²) in [4.78, 5) is 26.6. The van der Waals surface area contributed by atoms with E-state index in [1.54, 1.807) is 15.8 Å². The number of para-hydroxylation sites is 1. The summed E-state index contributed by atoms with van der Waals surface area (Å²) in [5.74, 6) is 0.803. The monoisotopic (exact) mass is 371 g/mol. The van der Waals surface area contributed by atoms with Crippen LogP contribution in [0.3, 0.4) is 0 Å². The van der Waals surface area contributed by atoms with E-state index in [0.717, 1.165) is 11.4 Å². The van der Waals surface area contributed by atoms with Crippen molar-refractivity contribution in [3.8, 4) is 5.75 Å². The molecule has 0 radical (unpaired) electrons. The lowest BCUT2D eigenvalue weighted by atomic mass is 10.0. The van der Waals surface area contributed by atoms with E-state index in [0.29, 0.717) is 32.0 Å². The molecule has 1 atom stereocenters. The summed E-state index contributed by atoms with van der Waals surface area (Å²) in [5.41, 5.74) is 0.848. The number of benzene rings is 1. The third-order valence-corrected chi connectivity index (χ3v) is 4.36. The van der Waals surface area contributed by atoms with Crippen LogP contribution in [-0.2, 0) is 16.1 Å². The van der Waals surface area contributed by atoms with Crippen LogP contribution in [0.4, 0.5) is 0 Å². The van der Waals surface area contributed by atoms with Crippen LogP contribution in [0.1, 0.15) is 32.0 Å². The molecule has 0 aliphatic carbocycles. The van der Waals surface area contributed by atoms with Crippen molar-refractivity contribution in [1.82, 2.24) is 25.2 Å². The number of carbonyl (C=O) groups is 2. The molecule has 8 nitrogen and oxygen atoms in total. The summed E-state index contributed by atoms with van der Waals surface area (Å²) in [7, 11) is 0. The van der Waals surface area contributed by atoms with Gasteiger partial charge in [-0.2, -0.15) is 0 Å². The number of nitrogens with zero attached hydrogens (tertiary/aromatic N) is 4. The van der Waals surface area contributed by atoms with Crippen LogP contribution < -0.4 is 10.1 Å². The van der Waals surface area contributed by atoms with Crippen LogP contribution in [-0.4, -0.2) is 51.4 Å². The second kappa shape index (κ2) is 8.66. The average molecular weight is 371 g/mol. The second-order valence-electron chi connectivity index (χ2n) is 7.02. The van der Waals surface area contributed by atoms with E-state index in [2.05, 4.69) is 29.5 Å². The highest BCUT2D eigenvalue weighted by Gasteiger charge is 2.35. The number of hydrogen-bond acceptors (Lipinski definition) is 5. The van der Waals surface area contributed by atoms with Crippen LogP contribution in [0.5, 0.6) is 5.75 Å². The average Bonchev–Trinajstić information content (AvgIpc) is 3.11. The standard InChI is InChI=1S/C19H25N5O3/c1-14(2)10-17-19(26)23(12-15-11-21-22-24(15)17)13-18(25)20-8-9-27-16-6-4-3-5-7-16/h3-7,11,14,17H,8-10,12-13H2,1-2H3,(H,20,25). The smallest absolute Gasteiger partial charge is 0.248 e.